The molecule has 0 aliphatic heterocycles. The number of rotatable bonds is 2. The second-order valence-electron chi connectivity index (χ2n) is 2.52. The lowest BCUT2D eigenvalue weighted by atomic mass is 10.4. The minimum atomic E-state index is -3.64. The van der Waals surface area contributed by atoms with Crippen LogP contribution >= 0.6 is 23.8 Å². The van der Waals surface area contributed by atoms with Crippen molar-refractivity contribution in [3.05, 3.63) is 15.9 Å². The lowest BCUT2D eigenvalue weighted by molar-refractivity contribution is 0.492. The Morgan fingerprint density at radius 3 is 2.64 bits per heavy atom. The summed E-state index contributed by atoms with van der Waals surface area (Å²) in [5, 5.41) is 0.216. The zero-order valence-corrected chi connectivity index (χ0v) is 9.46. The minimum absolute atomic E-state index is 0.0421. The second kappa shape index (κ2) is 3.76. The van der Waals surface area contributed by atoms with Crippen LogP contribution in [0.15, 0.2) is 6.07 Å². The molecule has 0 atom stereocenters. The van der Waals surface area contributed by atoms with Gasteiger partial charge in [0.15, 0.2) is 10.4 Å². The van der Waals surface area contributed by atoms with Gasteiger partial charge in [-0.1, -0.05) is 23.8 Å². The molecule has 0 radical (unpaired) electrons. The Labute approximate surface area is 91.0 Å². The first-order valence-corrected chi connectivity index (χ1v) is 5.97. The van der Waals surface area contributed by atoms with Gasteiger partial charge in [-0.2, -0.15) is 8.42 Å². The van der Waals surface area contributed by atoms with E-state index in [1.54, 1.807) is 0 Å². The maximum absolute atomic E-state index is 10.8. The molecule has 0 aromatic carbocycles. The Kier molecular flexibility index (Phi) is 3.03. The quantitative estimate of drug-likeness (QED) is 0.472. The molecule has 14 heavy (non-hydrogen) atoms. The van der Waals surface area contributed by atoms with Crippen LogP contribution in [0.2, 0.25) is 5.15 Å². The van der Waals surface area contributed by atoms with E-state index >= 15 is 0 Å². The van der Waals surface area contributed by atoms with E-state index in [4.69, 9.17) is 29.6 Å². The fourth-order valence-corrected chi connectivity index (χ4v) is 1.84. The second-order valence-corrected chi connectivity index (χ2v) is 4.91. The van der Waals surface area contributed by atoms with Crippen molar-refractivity contribution in [1.29, 1.82) is 0 Å². The fourth-order valence-electron chi connectivity index (χ4n) is 0.772. The van der Waals surface area contributed by atoms with Crippen LogP contribution in [0, 0.1) is 4.64 Å². The number of nitrogens with two attached hydrogens (primary N) is 1. The first-order chi connectivity index (χ1) is 6.29. The molecule has 3 N–H and O–H groups in total. The van der Waals surface area contributed by atoms with E-state index in [9.17, 15) is 8.42 Å². The first kappa shape index (κ1) is 11.3. The summed E-state index contributed by atoms with van der Waals surface area (Å²) in [6.45, 7) is 0. The van der Waals surface area contributed by atoms with Crippen LogP contribution in [-0.4, -0.2) is 19.7 Å². The van der Waals surface area contributed by atoms with Crippen molar-refractivity contribution >= 4 is 39.6 Å². The van der Waals surface area contributed by atoms with Crippen molar-refractivity contribution in [3.63, 3.8) is 0 Å². The smallest absolute Gasteiger partial charge is 0.306 e. The number of hydrogen-bond donors (Lipinski definition) is 2. The van der Waals surface area contributed by atoms with Crippen LogP contribution in [0.5, 0.6) is 5.75 Å². The molecular weight excluding hydrogens is 248 g/mol. The first-order valence-electron chi connectivity index (χ1n) is 3.37. The highest BCUT2D eigenvalue weighted by molar-refractivity contribution is 7.86. The van der Waals surface area contributed by atoms with Gasteiger partial charge in [-0.3, -0.25) is 0 Å². The average molecular weight is 255 g/mol. The summed E-state index contributed by atoms with van der Waals surface area (Å²) in [7, 11) is -3.64. The molecule has 78 valence electrons. The number of hydrogen-bond acceptors (Lipinski definition) is 5. The van der Waals surface area contributed by atoms with Crippen LogP contribution in [0.3, 0.4) is 0 Å². The van der Waals surface area contributed by atoms with Crippen LogP contribution in [0.1, 0.15) is 0 Å². The van der Waals surface area contributed by atoms with E-state index in [0.717, 1.165) is 6.26 Å². The summed E-state index contributed by atoms with van der Waals surface area (Å²) in [5.74, 6) is -0.105. The summed E-state index contributed by atoms with van der Waals surface area (Å²) in [6, 6.07) is 1.32. The maximum Gasteiger partial charge on any atom is 0.306 e. The van der Waals surface area contributed by atoms with Crippen LogP contribution in [0.25, 0.3) is 0 Å². The summed E-state index contributed by atoms with van der Waals surface area (Å²) >= 11 is 10.4. The molecule has 0 saturated carbocycles. The monoisotopic (exact) mass is 254 g/mol. The third kappa shape index (κ3) is 2.86. The van der Waals surface area contributed by atoms with E-state index in [-0.39, 0.29) is 21.2 Å². The predicted octanol–water partition coefficient (Wildman–Crippen LogP) is 1.32. The Morgan fingerprint density at radius 2 is 2.21 bits per heavy atom. The molecule has 0 aliphatic rings. The molecule has 0 spiro atoms. The SMILES string of the molecule is CS(=O)(=O)Oc1c(N)cc(Cl)[nH]c1=S. The van der Waals surface area contributed by atoms with Gasteiger partial charge < -0.3 is 14.9 Å². The Bertz CT molecular complexity index is 508. The van der Waals surface area contributed by atoms with E-state index < -0.39 is 10.1 Å². The minimum Gasteiger partial charge on any atom is -0.395 e. The van der Waals surface area contributed by atoms with Crippen LogP contribution in [-0.2, 0) is 10.1 Å². The van der Waals surface area contributed by atoms with Crippen molar-refractivity contribution in [1.82, 2.24) is 4.98 Å². The van der Waals surface area contributed by atoms with Gasteiger partial charge in [0.05, 0.1) is 11.9 Å². The van der Waals surface area contributed by atoms with E-state index in [1.165, 1.54) is 6.07 Å². The topological polar surface area (TPSA) is 85.2 Å². The zero-order valence-electron chi connectivity index (χ0n) is 7.07. The van der Waals surface area contributed by atoms with Gasteiger partial charge in [-0.05, 0) is 0 Å². The molecular formula is C6H7ClN2O3S2. The van der Waals surface area contributed by atoms with Crippen molar-refractivity contribution < 1.29 is 12.6 Å². The van der Waals surface area contributed by atoms with Crippen LogP contribution < -0.4 is 9.92 Å². The van der Waals surface area contributed by atoms with Gasteiger partial charge in [-0.15, -0.1) is 0 Å². The molecule has 1 aromatic rings. The van der Waals surface area contributed by atoms with Crippen molar-refractivity contribution in [2.24, 2.45) is 0 Å². The Hall–Kier alpha value is -0.790. The molecule has 1 heterocycles. The summed E-state index contributed by atoms with van der Waals surface area (Å²) in [6.07, 6.45) is 0.899. The highest BCUT2D eigenvalue weighted by Gasteiger charge is 2.11. The van der Waals surface area contributed by atoms with Gasteiger partial charge in [-0.25, -0.2) is 0 Å². The van der Waals surface area contributed by atoms with E-state index in [2.05, 4.69) is 9.17 Å². The lowest BCUT2D eigenvalue weighted by Crippen LogP contribution is -2.08. The highest BCUT2D eigenvalue weighted by atomic mass is 35.5. The molecule has 1 rings (SSSR count). The number of H-pyrrole nitrogens is 1. The maximum atomic E-state index is 10.8. The number of anilines is 1. The lowest BCUT2D eigenvalue weighted by Gasteiger charge is -2.06. The fraction of sp³-hybridized carbons (Fsp3) is 0.167. The molecule has 0 saturated heterocycles. The normalized spacial score (nSPS) is 11.3. The number of halogens is 1. The average Bonchev–Trinajstić information content (AvgIpc) is 1.95. The standard InChI is InChI=1S/C6H7ClN2O3S2/c1-14(10,11)12-5-3(8)2-4(7)9-6(5)13/h2H,1H3,(H3,8,9,13). The molecule has 0 bridgehead atoms. The highest BCUT2D eigenvalue weighted by Crippen LogP contribution is 2.25. The number of pyridine rings is 1. The Balaban J connectivity index is 3.30. The van der Waals surface area contributed by atoms with E-state index in [1.807, 2.05) is 0 Å². The van der Waals surface area contributed by atoms with Crippen molar-refractivity contribution in [2.45, 2.75) is 0 Å². The number of aromatic amines is 1. The van der Waals surface area contributed by atoms with Crippen LogP contribution in [0.4, 0.5) is 5.69 Å². The number of nitrogens with one attached hydrogen (secondary N) is 1. The number of aromatic nitrogens is 1. The van der Waals surface area contributed by atoms with E-state index in [0.29, 0.717) is 0 Å². The predicted molar refractivity (Wildman–Crippen MR) is 56.5 cm³/mol. The Morgan fingerprint density at radius 1 is 1.64 bits per heavy atom. The number of nitrogen functional groups attached to an aromatic ring is 1. The molecule has 1 aromatic heterocycles. The summed E-state index contributed by atoms with van der Waals surface area (Å²) in [5.41, 5.74) is 5.54. The van der Waals surface area contributed by atoms with Crippen molar-refractivity contribution in [2.75, 3.05) is 12.0 Å². The van der Waals surface area contributed by atoms with Gasteiger partial charge in [0.2, 0.25) is 0 Å². The molecule has 0 unspecified atom stereocenters. The summed E-state index contributed by atoms with van der Waals surface area (Å²) < 4.78 is 26.3. The zero-order chi connectivity index (χ0) is 10.9. The molecule has 8 heteroatoms. The third-order valence-electron chi connectivity index (χ3n) is 1.22. The molecule has 0 amide bonds. The third-order valence-corrected chi connectivity index (χ3v) is 2.18. The van der Waals surface area contributed by atoms with Gasteiger partial charge in [0.25, 0.3) is 0 Å². The molecule has 0 fully saturated rings. The van der Waals surface area contributed by atoms with Gasteiger partial charge in [0.1, 0.15) is 5.15 Å². The van der Waals surface area contributed by atoms with Gasteiger partial charge in [0, 0.05) is 6.07 Å². The molecule has 0 aliphatic carbocycles. The molecule has 5 nitrogen and oxygen atoms in total. The largest absolute Gasteiger partial charge is 0.395 e. The van der Waals surface area contributed by atoms with Gasteiger partial charge >= 0.3 is 10.1 Å². The summed E-state index contributed by atoms with van der Waals surface area (Å²) in [4.78, 5) is 2.51. The van der Waals surface area contributed by atoms with Crippen molar-refractivity contribution in [3.8, 4) is 5.75 Å².